The predicted octanol–water partition coefficient (Wildman–Crippen LogP) is 3.53. The summed E-state index contributed by atoms with van der Waals surface area (Å²) in [6.07, 6.45) is 5.49. The first-order valence-corrected chi connectivity index (χ1v) is 13.4. The molecule has 0 radical (unpaired) electrons. The Kier molecular flexibility index (Phi) is 7.46. The van der Waals surface area contributed by atoms with Crippen LogP contribution in [0, 0.1) is 0 Å². The standard InChI is InChI=1S/C27H29N5O3S/c33-23(28-16-18-9-3-1-4-10-18)15-22-26(35)32-25(30-22)20-13-7-8-14-21(20)31-27(32)36-17-24(34)29-19-11-5-2-6-12-19/h1,3-4,7-10,13-14,19,22H,2,5-6,11-12,15-17H2,(H,28,33)(H,29,34)/t22-/m0/s1. The number of benzene rings is 2. The van der Waals surface area contributed by atoms with Gasteiger partial charge in [0.15, 0.2) is 5.17 Å². The molecule has 3 aliphatic rings. The Hall–Kier alpha value is -3.46. The molecule has 5 rings (SSSR count). The van der Waals surface area contributed by atoms with Gasteiger partial charge >= 0.3 is 0 Å². The Morgan fingerprint density at radius 2 is 1.72 bits per heavy atom. The molecule has 1 aliphatic carbocycles. The molecule has 0 spiro atoms. The number of thioether (sulfide) groups is 1. The van der Waals surface area contributed by atoms with Gasteiger partial charge in [0.25, 0.3) is 5.91 Å². The Morgan fingerprint density at radius 1 is 0.972 bits per heavy atom. The van der Waals surface area contributed by atoms with Gasteiger partial charge in [-0.2, -0.15) is 0 Å². The van der Waals surface area contributed by atoms with E-state index in [1.54, 1.807) is 0 Å². The van der Waals surface area contributed by atoms with E-state index in [1.165, 1.54) is 23.1 Å². The van der Waals surface area contributed by atoms with Crippen LogP contribution in [0.1, 0.15) is 49.7 Å². The number of hydrogen-bond donors (Lipinski definition) is 2. The number of amidine groups is 2. The summed E-state index contributed by atoms with van der Waals surface area (Å²) in [6.45, 7) is 0.391. The fourth-order valence-electron chi connectivity index (χ4n) is 4.72. The lowest BCUT2D eigenvalue weighted by atomic mass is 9.95. The number of aliphatic imine (C=N–C) groups is 2. The van der Waals surface area contributed by atoms with Gasteiger partial charge in [0.1, 0.15) is 11.9 Å². The van der Waals surface area contributed by atoms with E-state index in [4.69, 9.17) is 0 Å². The highest BCUT2D eigenvalue weighted by molar-refractivity contribution is 8.14. The van der Waals surface area contributed by atoms with E-state index in [9.17, 15) is 14.4 Å². The van der Waals surface area contributed by atoms with Crippen molar-refractivity contribution in [2.45, 2.75) is 57.2 Å². The molecule has 9 heteroatoms. The molecule has 0 bridgehead atoms. The Morgan fingerprint density at radius 3 is 2.53 bits per heavy atom. The number of carbonyl (C=O) groups is 3. The second-order valence-corrected chi connectivity index (χ2v) is 10.2. The summed E-state index contributed by atoms with van der Waals surface area (Å²) in [7, 11) is 0. The molecule has 2 aromatic carbocycles. The number of hydrogen-bond acceptors (Lipinski definition) is 6. The third kappa shape index (κ3) is 5.51. The number of nitrogens with zero attached hydrogens (tertiary/aromatic N) is 3. The molecule has 3 amide bonds. The Balaban J connectivity index is 1.26. The van der Waals surface area contributed by atoms with Gasteiger partial charge < -0.3 is 10.6 Å². The number of fused-ring (bicyclic) bond motifs is 3. The number of para-hydroxylation sites is 1. The third-order valence-electron chi connectivity index (χ3n) is 6.56. The van der Waals surface area contributed by atoms with Crippen LogP contribution in [-0.2, 0) is 20.9 Å². The minimum absolute atomic E-state index is 0.0477. The van der Waals surface area contributed by atoms with Crippen molar-refractivity contribution < 1.29 is 14.4 Å². The van der Waals surface area contributed by atoms with E-state index in [2.05, 4.69) is 20.6 Å². The van der Waals surface area contributed by atoms with Crippen molar-refractivity contribution in [2.24, 2.45) is 9.98 Å². The molecule has 2 aliphatic heterocycles. The second-order valence-electron chi connectivity index (χ2n) is 9.21. The predicted molar refractivity (Wildman–Crippen MR) is 141 cm³/mol. The Bertz CT molecular complexity index is 1210. The van der Waals surface area contributed by atoms with Crippen LogP contribution < -0.4 is 10.6 Å². The van der Waals surface area contributed by atoms with Gasteiger partial charge in [-0.1, -0.05) is 73.5 Å². The molecule has 1 fully saturated rings. The van der Waals surface area contributed by atoms with Crippen LogP contribution in [0.25, 0.3) is 0 Å². The van der Waals surface area contributed by atoms with Crippen LogP contribution in [0.2, 0.25) is 0 Å². The van der Waals surface area contributed by atoms with E-state index in [-0.39, 0.29) is 35.9 Å². The lowest BCUT2D eigenvalue weighted by molar-refractivity contribution is -0.128. The summed E-state index contributed by atoms with van der Waals surface area (Å²) in [5, 5.41) is 6.40. The topological polar surface area (TPSA) is 103 Å². The first-order valence-electron chi connectivity index (χ1n) is 12.4. The summed E-state index contributed by atoms with van der Waals surface area (Å²) in [5.41, 5.74) is 2.43. The lowest BCUT2D eigenvalue weighted by Crippen LogP contribution is -2.43. The number of rotatable bonds is 7. The normalized spacial score (nSPS) is 19.2. The van der Waals surface area contributed by atoms with Crippen LogP contribution in [0.5, 0.6) is 0 Å². The van der Waals surface area contributed by atoms with Gasteiger partial charge in [0.2, 0.25) is 11.8 Å². The average molecular weight is 504 g/mol. The van der Waals surface area contributed by atoms with E-state index in [1.807, 2.05) is 54.6 Å². The van der Waals surface area contributed by atoms with Crippen LogP contribution in [0.15, 0.2) is 64.6 Å². The number of amides is 3. The molecule has 36 heavy (non-hydrogen) atoms. The van der Waals surface area contributed by atoms with Crippen LogP contribution in [0.4, 0.5) is 5.69 Å². The average Bonchev–Trinajstić information content (AvgIpc) is 3.23. The molecule has 1 saturated carbocycles. The third-order valence-corrected chi connectivity index (χ3v) is 7.50. The van der Waals surface area contributed by atoms with Gasteiger partial charge in [-0.3, -0.25) is 19.4 Å². The van der Waals surface area contributed by atoms with Crippen LogP contribution >= 0.6 is 11.8 Å². The first-order chi connectivity index (χ1) is 17.6. The SMILES string of the molecule is O=C(C[C@@H]1N=C2c3ccccc3N=C(SCC(=O)NC3CCCCC3)N2C1=O)NCc1ccccc1. The summed E-state index contributed by atoms with van der Waals surface area (Å²) in [4.78, 5) is 49.4. The molecule has 2 heterocycles. The number of carbonyl (C=O) groups excluding carboxylic acids is 3. The largest absolute Gasteiger partial charge is 0.353 e. The fraction of sp³-hybridized carbons (Fsp3) is 0.370. The molecule has 2 aromatic rings. The zero-order valence-electron chi connectivity index (χ0n) is 20.0. The molecule has 8 nitrogen and oxygen atoms in total. The molecule has 2 N–H and O–H groups in total. The monoisotopic (exact) mass is 503 g/mol. The maximum atomic E-state index is 13.4. The summed E-state index contributed by atoms with van der Waals surface area (Å²) >= 11 is 1.23. The zero-order chi connectivity index (χ0) is 24.9. The molecule has 1 atom stereocenters. The molecular formula is C27H29N5O3S. The van der Waals surface area contributed by atoms with Crippen molar-refractivity contribution in [3.05, 3.63) is 65.7 Å². The highest BCUT2D eigenvalue weighted by Gasteiger charge is 2.42. The van der Waals surface area contributed by atoms with Crippen molar-refractivity contribution >= 4 is 46.2 Å². The highest BCUT2D eigenvalue weighted by Crippen LogP contribution is 2.34. The van der Waals surface area contributed by atoms with E-state index >= 15 is 0 Å². The van der Waals surface area contributed by atoms with Gasteiger partial charge in [-0.05, 0) is 30.5 Å². The minimum atomic E-state index is -0.830. The maximum Gasteiger partial charge on any atom is 0.259 e. The van der Waals surface area contributed by atoms with Crippen molar-refractivity contribution in [3.63, 3.8) is 0 Å². The van der Waals surface area contributed by atoms with Gasteiger partial charge in [-0.15, -0.1) is 0 Å². The molecule has 0 unspecified atom stereocenters. The summed E-state index contributed by atoms with van der Waals surface area (Å²) < 4.78 is 0. The quantitative estimate of drug-likeness (QED) is 0.603. The maximum absolute atomic E-state index is 13.4. The second kappa shape index (κ2) is 11.1. The van der Waals surface area contributed by atoms with Gasteiger partial charge in [0, 0.05) is 18.2 Å². The first kappa shape index (κ1) is 24.2. The minimum Gasteiger partial charge on any atom is -0.353 e. The summed E-state index contributed by atoms with van der Waals surface area (Å²) in [6, 6.07) is 16.5. The van der Waals surface area contributed by atoms with Gasteiger partial charge in [0.05, 0.1) is 17.9 Å². The van der Waals surface area contributed by atoms with Crippen molar-refractivity contribution in [1.29, 1.82) is 0 Å². The zero-order valence-corrected chi connectivity index (χ0v) is 20.8. The molecular weight excluding hydrogens is 474 g/mol. The van der Waals surface area contributed by atoms with Crippen LogP contribution in [0.3, 0.4) is 0 Å². The van der Waals surface area contributed by atoms with Gasteiger partial charge in [-0.25, -0.2) is 9.89 Å². The van der Waals surface area contributed by atoms with Crippen molar-refractivity contribution in [3.8, 4) is 0 Å². The fourth-order valence-corrected chi connectivity index (χ4v) is 5.53. The molecule has 186 valence electrons. The molecule has 0 saturated heterocycles. The Labute approximate surface area is 214 Å². The highest BCUT2D eigenvalue weighted by atomic mass is 32.2. The van der Waals surface area contributed by atoms with E-state index in [0.717, 1.165) is 36.8 Å². The smallest absolute Gasteiger partial charge is 0.259 e. The lowest BCUT2D eigenvalue weighted by Gasteiger charge is -2.26. The molecule has 0 aromatic heterocycles. The number of nitrogens with one attached hydrogen (secondary N) is 2. The van der Waals surface area contributed by atoms with E-state index < -0.39 is 6.04 Å². The summed E-state index contributed by atoms with van der Waals surface area (Å²) in [5.74, 6) is 0.0506. The van der Waals surface area contributed by atoms with Crippen LogP contribution in [-0.4, -0.2) is 51.5 Å². The van der Waals surface area contributed by atoms with E-state index in [0.29, 0.717) is 23.2 Å². The van der Waals surface area contributed by atoms with Crippen molar-refractivity contribution in [2.75, 3.05) is 5.75 Å². The van der Waals surface area contributed by atoms with Crippen molar-refractivity contribution in [1.82, 2.24) is 15.5 Å².